The number of amides is 2. The Labute approximate surface area is 114 Å². The van der Waals surface area contributed by atoms with Crippen LogP contribution in [0.3, 0.4) is 0 Å². The van der Waals surface area contributed by atoms with E-state index in [-0.39, 0.29) is 17.2 Å². The minimum Gasteiger partial charge on any atom is -0.312 e. The molecule has 1 aliphatic carbocycles. The van der Waals surface area contributed by atoms with Crippen LogP contribution >= 0.6 is 0 Å². The molecule has 19 heavy (non-hydrogen) atoms. The van der Waals surface area contributed by atoms with Crippen LogP contribution in [0.5, 0.6) is 0 Å². The topological polar surface area (TPSA) is 49.4 Å². The molecule has 0 aromatic heterocycles. The molecule has 0 aromatic rings. The molecule has 2 aliphatic heterocycles. The summed E-state index contributed by atoms with van der Waals surface area (Å²) < 4.78 is 0. The average molecular weight is 264 g/mol. The molecule has 0 radical (unpaired) electrons. The van der Waals surface area contributed by atoms with Gasteiger partial charge in [-0.15, -0.1) is 0 Å². The third kappa shape index (κ3) is 2.69. The number of hydrogen-bond donors (Lipinski definition) is 1. The third-order valence-corrected chi connectivity index (χ3v) is 5.13. The summed E-state index contributed by atoms with van der Waals surface area (Å²) in [4.78, 5) is 26.2. The third-order valence-electron chi connectivity index (χ3n) is 5.13. The quantitative estimate of drug-likeness (QED) is 0.774. The van der Waals surface area contributed by atoms with Crippen molar-refractivity contribution in [2.24, 2.45) is 5.41 Å². The Bertz CT molecular complexity index is 348. The number of piperidine rings is 1. The molecule has 3 aliphatic rings. The van der Waals surface area contributed by atoms with Gasteiger partial charge in [0.2, 0.25) is 11.8 Å². The molecule has 2 heterocycles. The molecule has 3 rings (SSSR count). The van der Waals surface area contributed by atoms with Crippen molar-refractivity contribution in [2.45, 2.75) is 63.8 Å². The van der Waals surface area contributed by atoms with Gasteiger partial charge in [0.15, 0.2) is 0 Å². The SMILES string of the molecule is O=C1CC2(CCCCC2)CC(=O)N1CC1CCCN1. The van der Waals surface area contributed by atoms with Gasteiger partial charge >= 0.3 is 0 Å². The molecule has 4 nitrogen and oxygen atoms in total. The lowest BCUT2D eigenvalue weighted by molar-refractivity contribution is -0.155. The maximum Gasteiger partial charge on any atom is 0.229 e. The molecule has 1 N–H and O–H groups in total. The number of rotatable bonds is 2. The second kappa shape index (κ2) is 5.23. The number of likely N-dealkylation sites (tertiary alicyclic amines) is 1. The van der Waals surface area contributed by atoms with Crippen molar-refractivity contribution in [2.75, 3.05) is 13.1 Å². The van der Waals surface area contributed by atoms with E-state index >= 15 is 0 Å². The molecule has 2 saturated heterocycles. The van der Waals surface area contributed by atoms with Gasteiger partial charge in [-0.3, -0.25) is 14.5 Å². The zero-order valence-electron chi connectivity index (χ0n) is 11.6. The normalized spacial score (nSPS) is 31.2. The largest absolute Gasteiger partial charge is 0.312 e. The van der Waals surface area contributed by atoms with Crippen molar-refractivity contribution in [3.63, 3.8) is 0 Å². The Morgan fingerprint density at radius 1 is 1.05 bits per heavy atom. The Balaban J connectivity index is 1.65. The van der Waals surface area contributed by atoms with Crippen molar-refractivity contribution >= 4 is 11.8 Å². The first-order valence-electron chi connectivity index (χ1n) is 7.75. The van der Waals surface area contributed by atoms with Crippen molar-refractivity contribution in [1.82, 2.24) is 10.2 Å². The Morgan fingerprint density at radius 2 is 1.74 bits per heavy atom. The van der Waals surface area contributed by atoms with Crippen LogP contribution in [0.4, 0.5) is 0 Å². The first-order chi connectivity index (χ1) is 9.19. The molecule has 106 valence electrons. The van der Waals surface area contributed by atoms with Gasteiger partial charge in [-0.2, -0.15) is 0 Å². The smallest absolute Gasteiger partial charge is 0.229 e. The number of hydrogen-bond acceptors (Lipinski definition) is 3. The lowest BCUT2D eigenvalue weighted by atomic mass is 9.67. The highest BCUT2D eigenvalue weighted by Crippen LogP contribution is 2.45. The second-order valence-corrected chi connectivity index (χ2v) is 6.61. The Kier molecular flexibility index (Phi) is 3.61. The predicted molar refractivity (Wildman–Crippen MR) is 72.5 cm³/mol. The van der Waals surface area contributed by atoms with E-state index in [1.807, 2.05) is 0 Å². The van der Waals surface area contributed by atoms with Crippen LogP contribution in [-0.4, -0.2) is 35.8 Å². The Hall–Kier alpha value is -0.900. The number of carbonyl (C=O) groups excluding carboxylic acids is 2. The van der Waals surface area contributed by atoms with Gasteiger partial charge in [-0.05, 0) is 37.6 Å². The molecule has 3 fully saturated rings. The van der Waals surface area contributed by atoms with Gasteiger partial charge < -0.3 is 5.32 Å². The van der Waals surface area contributed by atoms with Gasteiger partial charge in [0.25, 0.3) is 0 Å². The van der Waals surface area contributed by atoms with Gasteiger partial charge in [0.05, 0.1) is 0 Å². The summed E-state index contributed by atoms with van der Waals surface area (Å²) in [5, 5.41) is 3.37. The number of carbonyl (C=O) groups is 2. The van der Waals surface area contributed by atoms with Crippen LogP contribution in [0.25, 0.3) is 0 Å². The molecule has 2 amide bonds. The molecule has 1 saturated carbocycles. The standard InChI is InChI=1S/C15H24N2O2/c18-13-9-15(6-2-1-3-7-15)10-14(19)17(13)11-12-5-4-8-16-12/h12,16H,1-11H2. The monoisotopic (exact) mass is 264 g/mol. The summed E-state index contributed by atoms with van der Waals surface area (Å²) >= 11 is 0. The molecule has 4 heteroatoms. The maximum absolute atomic E-state index is 12.3. The number of imide groups is 1. The van der Waals surface area contributed by atoms with Gasteiger partial charge in [0.1, 0.15) is 0 Å². The summed E-state index contributed by atoms with van der Waals surface area (Å²) in [5.74, 6) is 0.152. The highest BCUT2D eigenvalue weighted by Gasteiger charge is 2.44. The first-order valence-corrected chi connectivity index (χ1v) is 7.75. The number of nitrogens with one attached hydrogen (secondary N) is 1. The van der Waals surface area contributed by atoms with E-state index in [2.05, 4.69) is 5.32 Å². The van der Waals surface area contributed by atoms with E-state index in [1.165, 1.54) is 24.2 Å². The van der Waals surface area contributed by atoms with Crippen LogP contribution in [0.15, 0.2) is 0 Å². The molecule has 0 aromatic carbocycles. The summed E-state index contributed by atoms with van der Waals surface area (Å²) in [7, 11) is 0. The van der Waals surface area contributed by atoms with E-state index in [4.69, 9.17) is 0 Å². The fourth-order valence-electron chi connectivity index (χ4n) is 4.03. The average Bonchev–Trinajstić information content (AvgIpc) is 2.88. The number of nitrogens with zero attached hydrogens (tertiary/aromatic N) is 1. The highest BCUT2D eigenvalue weighted by molar-refractivity contribution is 5.98. The molecule has 1 unspecified atom stereocenters. The van der Waals surface area contributed by atoms with Crippen LogP contribution in [0.2, 0.25) is 0 Å². The van der Waals surface area contributed by atoms with Crippen LogP contribution < -0.4 is 5.32 Å². The minimum absolute atomic E-state index is 0.0199. The summed E-state index contributed by atoms with van der Waals surface area (Å²) in [6, 6.07) is 0.327. The summed E-state index contributed by atoms with van der Waals surface area (Å²) in [6.07, 6.45) is 9.22. The molecular formula is C15H24N2O2. The van der Waals surface area contributed by atoms with Crippen molar-refractivity contribution in [3.05, 3.63) is 0 Å². The molecule has 1 spiro atoms. The van der Waals surface area contributed by atoms with E-state index in [1.54, 1.807) is 0 Å². The van der Waals surface area contributed by atoms with Crippen molar-refractivity contribution in [1.29, 1.82) is 0 Å². The van der Waals surface area contributed by atoms with Gasteiger partial charge in [0, 0.05) is 25.4 Å². The highest BCUT2D eigenvalue weighted by atomic mass is 16.2. The van der Waals surface area contributed by atoms with E-state index in [9.17, 15) is 9.59 Å². The molecule has 0 bridgehead atoms. The lowest BCUT2D eigenvalue weighted by Crippen LogP contribution is -2.52. The first kappa shape index (κ1) is 13.1. The van der Waals surface area contributed by atoms with E-state index in [0.29, 0.717) is 25.4 Å². The fourth-order valence-corrected chi connectivity index (χ4v) is 4.03. The van der Waals surface area contributed by atoms with E-state index in [0.717, 1.165) is 32.2 Å². The van der Waals surface area contributed by atoms with Gasteiger partial charge in [-0.1, -0.05) is 19.3 Å². The van der Waals surface area contributed by atoms with Crippen LogP contribution in [-0.2, 0) is 9.59 Å². The molecular weight excluding hydrogens is 240 g/mol. The zero-order valence-corrected chi connectivity index (χ0v) is 11.6. The Morgan fingerprint density at radius 3 is 2.32 bits per heavy atom. The van der Waals surface area contributed by atoms with Crippen molar-refractivity contribution < 1.29 is 9.59 Å². The predicted octanol–water partition coefficient (Wildman–Crippen LogP) is 1.84. The van der Waals surface area contributed by atoms with Crippen LogP contribution in [0.1, 0.15) is 57.8 Å². The zero-order chi connectivity index (χ0) is 13.3. The van der Waals surface area contributed by atoms with E-state index < -0.39 is 0 Å². The van der Waals surface area contributed by atoms with Crippen LogP contribution in [0, 0.1) is 5.41 Å². The van der Waals surface area contributed by atoms with Crippen molar-refractivity contribution in [3.8, 4) is 0 Å². The van der Waals surface area contributed by atoms with Gasteiger partial charge in [-0.25, -0.2) is 0 Å². The second-order valence-electron chi connectivity index (χ2n) is 6.61. The fraction of sp³-hybridized carbons (Fsp3) is 0.867. The lowest BCUT2D eigenvalue weighted by Gasteiger charge is -2.42. The summed E-state index contributed by atoms with van der Waals surface area (Å²) in [6.45, 7) is 1.61. The summed E-state index contributed by atoms with van der Waals surface area (Å²) in [5.41, 5.74) is 0.0199. The maximum atomic E-state index is 12.3. The minimum atomic E-state index is 0.0199. The molecule has 1 atom stereocenters.